The summed E-state index contributed by atoms with van der Waals surface area (Å²) in [6, 6.07) is 11.0. The van der Waals surface area contributed by atoms with Crippen molar-refractivity contribution in [1.29, 1.82) is 0 Å². The molecule has 0 aliphatic heterocycles. The molecule has 0 saturated heterocycles. The van der Waals surface area contributed by atoms with Gasteiger partial charge in [-0.3, -0.25) is 0 Å². The van der Waals surface area contributed by atoms with Gasteiger partial charge in [-0.05, 0) is 44.1 Å². The summed E-state index contributed by atoms with van der Waals surface area (Å²) < 4.78 is 5.90. The molecule has 0 heterocycles. The first kappa shape index (κ1) is 12.6. The minimum absolute atomic E-state index is 0.416. The van der Waals surface area contributed by atoms with Crippen molar-refractivity contribution in [1.82, 2.24) is 0 Å². The van der Waals surface area contributed by atoms with Crippen LogP contribution < -0.4 is 5.73 Å². The Balaban J connectivity index is 1.57. The van der Waals surface area contributed by atoms with E-state index in [4.69, 9.17) is 10.5 Å². The molecule has 0 radical (unpaired) electrons. The first-order valence-corrected chi connectivity index (χ1v) is 6.75. The third kappa shape index (κ3) is 4.49. The minimum atomic E-state index is 0.416. The van der Waals surface area contributed by atoms with E-state index in [1.165, 1.54) is 5.56 Å². The molecular formula is C15H23NO. The first-order valence-electron chi connectivity index (χ1n) is 6.75. The normalized spacial score (nSPS) is 24.8. The number of nitrogens with two attached hydrogens (primary N) is 1. The van der Waals surface area contributed by atoms with Gasteiger partial charge in [0.15, 0.2) is 0 Å². The van der Waals surface area contributed by atoms with Crippen molar-refractivity contribution < 1.29 is 4.74 Å². The zero-order chi connectivity index (χ0) is 11.9. The van der Waals surface area contributed by atoms with Crippen LogP contribution in [0.25, 0.3) is 0 Å². The molecular weight excluding hydrogens is 210 g/mol. The molecule has 1 aromatic carbocycles. The van der Waals surface area contributed by atoms with Crippen molar-refractivity contribution in [3.63, 3.8) is 0 Å². The van der Waals surface area contributed by atoms with Gasteiger partial charge in [-0.2, -0.15) is 0 Å². The predicted molar refractivity (Wildman–Crippen MR) is 70.9 cm³/mol. The van der Waals surface area contributed by atoms with Gasteiger partial charge in [0.1, 0.15) is 0 Å². The lowest BCUT2D eigenvalue weighted by Gasteiger charge is -2.26. The van der Waals surface area contributed by atoms with Crippen molar-refractivity contribution in [2.75, 3.05) is 6.61 Å². The largest absolute Gasteiger partial charge is 0.378 e. The van der Waals surface area contributed by atoms with E-state index in [-0.39, 0.29) is 0 Å². The molecule has 0 atom stereocenters. The molecule has 0 aromatic heterocycles. The molecule has 0 unspecified atom stereocenters. The van der Waals surface area contributed by atoms with Gasteiger partial charge >= 0.3 is 0 Å². The minimum Gasteiger partial charge on any atom is -0.378 e. The Kier molecular flexibility index (Phi) is 5.02. The van der Waals surface area contributed by atoms with E-state index in [1.807, 2.05) is 0 Å². The third-order valence-electron chi connectivity index (χ3n) is 3.53. The van der Waals surface area contributed by atoms with Crippen LogP contribution in [0.15, 0.2) is 30.3 Å². The smallest absolute Gasteiger partial charge is 0.0576 e. The van der Waals surface area contributed by atoms with Gasteiger partial charge in [-0.25, -0.2) is 0 Å². The van der Waals surface area contributed by atoms with Crippen LogP contribution >= 0.6 is 0 Å². The highest BCUT2D eigenvalue weighted by atomic mass is 16.5. The summed E-state index contributed by atoms with van der Waals surface area (Å²) >= 11 is 0. The summed E-state index contributed by atoms with van der Waals surface area (Å²) in [6.45, 7) is 0.884. The quantitative estimate of drug-likeness (QED) is 0.794. The summed E-state index contributed by atoms with van der Waals surface area (Å²) in [6.07, 6.45) is 7.25. The monoisotopic (exact) mass is 233 g/mol. The number of benzene rings is 1. The van der Waals surface area contributed by atoms with Crippen LogP contribution in [0.2, 0.25) is 0 Å². The molecule has 0 bridgehead atoms. The summed E-state index contributed by atoms with van der Waals surface area (Å²) in [7, 11) is 0. The van der Waals surface area contributed by atoms with E-state index in [0.717, 1.165) is 45.1 Å². The number of ether oxygens (including phenoxy) is 1. The fraction of sp³-hybridized carbons (Fsp3) is 0.600. The van der Waals surface area contributed by atoms with Gasteiger partial charge in [0.2, 0.25) is 0 Å². The Morgan fingerprint density at radius 1 is 1.06 bits per heavy atom. The molecule has 1 aliphatic carbocycles. The Hall–Kier alpha value is -0.860. The zero-order valence-corrected chi connectivity index (χ0v) is 10.5. The van der Waals surface area contributed by atoms with Gasteiger partial charge in [0, 0.05) is 12.6 Å². The summed E-state index contributed by atoms with van der Waals surface area (Å²) in [5.41, 5.74) is 7.28. The van der Waals surface area contributed by atoms with Crippen LogP contribution in [0.5, 0.6) is 0 Å². The summed E-state index contributed by atoms with van der Waals surface area (Å²) in [5, 5.41) is 0. The van der Waals surface area contributed by atoms with Crippen molar-refractivity contribution >= 4 is 0 Å². The SMILES string of the molecule is NC1CCC(OCCCc2ccccc2)CC1. The molecule has 0 amide bonds. The lowest BCUT2D eigenvalue weighted by molar-refractivity contribution is 0.0240. The highest BCUT2D eigenvalue weighted by molar-refractivity contribution is 5.14. The Morgan fingerprint density at radius 2 is 1.76 bits per heavy atom. The van der Waals surface area contributed by atoms with Crippen LogP contribution in [0, 0.1) is 0 Å². The van der Waals surface area contributed by atoms with E-state index in [2.05, 4.69) is 30.3 Å². The number of aryl methyl sites for hydroxylation is 1. The third-order valence-corrected chi connectivity index (χ3v) is 3.53. The zero-order valence-electron chi connectivity index (χ0n) is 10.5. The van der Waals surface area contributed by atoms with Crippen LogP contribution in [0.3, 0.4) is 0 Å². The highest BCUT2D eigenvalue weighted by Gasteiger charge is 2.18. The van der Waals surface area contributed by atoms with Gasteiger partial charge in [-0.15, -0.1) is 0 Å². The van der Waals surface area contributed by atoms with Crippen LogP contribution in [0.1, 0.15) is 37.7 Å². The lowest BCUT2D eigenvalue weighted by atomic mass is 9.94. The van der Waals surface area contributed by atoms with Crippen LogP contribution in [-0.4, -0.2) is 18.8 Å². The van der Waals surface area contributed by atoms with Crippen molar-refractivity contribution in [2.45, 2.75) is 50.7 Å². The average Bonchev–Trinajstić information content (AvgIpc) is 2.38. The molecule has 2 N–H and O–H groups in total. The highest BCUT2D eigenvalue weighted by Crippen LogP contribution is 2.20. The second kappa shape index (κ2) is 6.77. The topological polar surface area (TPSA) is 35.2 Å². The molecule has 1 saturated carbocycles. The fourth-order valence-electron chi connectivity index (χ4n) is 2.43. The Labute approximate surface area is 104 Å². The van der Waals surface area contributed by atoms with Gasteiger partial charge in [-0.1, -0.05) is 30.3 Å². The van der Waals surface area contributed by atoms with Crippen LogP contribution in [0.4, 0.5) is 0 Å². The van der Waals surface area contributed by atoms with Gasteiger partial charge < -0.3 is 10.5 Å². The van der Waals surface area contributed by atoms with E-state index < -0.39 is 0 Å². The molecule has 1 fully saturated rings. The molecule has 2 heteroatoms. The molecule has 94 valence electrons. The summed E-state index contributed by atoms with van der Waals surface area (Å²) in [5.74, 6) is 0. The molecule has 2 nitrogen and oxygen atoms in total. The van der Waals surface area contributed by atoms with Gasteiger partial charge in [0.25, 0.3) is 0 Å². The maximum Gasteiger partial charge on any atom is 0.0576 e. The van der Waals surface area contributed by atoms with E-state index in [1.54, 1.807) is 0 Å². The second-order valence-electron chi connectivity index (χ2n) is 5.00. The van der Waals surface area contributed by atoms with Crippen molar-refractivity contribution in [2.24, 2.45) is 5.73 Å². The number of rotatable bonds is 5. The average molecular weight is 233 g/mol. The molecule has 17 heavy (non-hydrogen) atoms. The molecule has 1 aliphatic rings. The van der Waals surface area contributed by atoms with E-state index in [0.29, 0.717) is 12.1 Å². The lowest BCUT2D eigenvalue weighted by Crippen LogP contribution is -2.30. The fourth-order valence-corrected chi connectivity index (χ4v) is 2.43. The summed E-state index contributed by atoms with van der Waals surface area (Å²) in [4.78, 5) is 0. The predicted octanol–water partition coefficient (Wildman–Crippen LogP) is 2.91. The maximum absolute atomic E-state index is 5.90. The van der Waals surface area contributed by atoms with Crippen LogP contribution in [-0.2, 0) is 11.2 Å². The standard InChI is InChI=1S/C15H23NO/c16-14-8-10-15(11-9-14)17-12-4-7-13-5-2-1-3-6-13/h1-3,5-6,14-15H,4,7-12,16H2. The molecule has 2 rings (SSSR count). The molecule has 0 spiro atoms. The Bertz CT molecular complexity index is 304. The Morgan fingerprint density at radius 3 is 2.47 bits per heavy atom. The second-order valence-corrected chi connectivity index (χ2v) is 5.00. The van der Waals surface area contributed by atoms with Crippen molar-refractivity contribution in [3.8, 4) is 0 Å². The number of hydrogen-bond donors (Lipinski definition) is 1. The first-order chi connectivity index (χ1) is 8.34. The molecule has 1 aromatic rings. The van der Waals surface area contributed by atoms with E-state index in [9.17, 15) is 0 Å². The maximum atomic E-state index is 5.90. The number of hydrogen-bond acceptors (Lipinski definition) is 2. The van der Waals surface area contributed by atoms with Gasteiger partial charge in [0.05, 0.1) is 6.10 Å². The van der Waals surface area contributed by atoms with E-state index >= 15 is 0 Å². The van der Waals surface area contributed by atoms with Crippen molar-refractivity contribution in [3.05, 3.63) is 35.9 Å².